The predicted molar refractivity (Wildman–Crippen MR) is 97.8 cm³/mol. The number of hydrogen-bond acceptors (Lipinski definition) is 4. The van der Waals surface area contributed by atoms with E-state index in [2.05, 4.69) is 21.4 Å². The van der Waals surface area contributed by atoms with Gasteiger partial charge in [-0.3, -0.25) is 9.69 Å². The van der Waals surface area contributed by atoms with Crippen LogP contribution in [0.15, 0.2) is 34.9 Å². The molecule has 1 aliphatic rings. The smallest absolute Gasteiger partial charge is 0.289 e. The second kappa shape index (κ2) is 8.50. The summed E-state index contributed by atoms with van der Waals surface area (Å²) >= 11 is 6.28. The highest BCUT2D eigenvalue weighted by atomic mass is 35.5. The highest BCUT2D eigenvalue weighted by Crippen LogP contribution is 2.28. The van der Waals surface area contributed by atoms with Crippen LogP contribution in [-0.4, -0.2) is 35.6 Å². The molecule has 0 radical (unpaired) electrons. The lowest BCUT2D eigenvalue weighted by molar-refractivity contribution is 0.0916. The van der Waals surface area contributed by atoms with Gasteiger partial charge < -0.3 is 9.84 Å². The third-order valence-electron chi connectivity index (χ3n) is 4.56. The first-order chi connectivity index (χ1) is 12.2. The number of nitrogens with zero attached hydrogens (tertiary/aromatic N) is 2. The Labute approximate surface area is 153 Å². The van der Waals surface area contributed by atoms with E-state index in [0.29, 0.717) is 12.3 Å². The maximum atomic E-state index is 12.0. The van der Waals surface area contributed by atoms with Crippen molar-refractivity contribution in [3.05, 3.63) is 52.4 Å². The molecule has 1 amide bonds. The molecule has 2 aromatic rings. The Kier molecular flexibility index (Phi) is 6.10. The first-order valence-electron chi connectivity index (χ1n) is 8.88. The van der Waals surface area contributed by atoms with E-state index in [1.807, 2.05) is 25.1 Å². The SMILES string of the molecule is CCCNC(=O)c1cc([C@H]2CCCN(Cc3ccccc3Cl)C2)no1. The molecule has 25 heavy (non-hydrogen) atoms. The Morgan fingerprint density at radius 2 is 2.28 bits per heavy atom. The van der Waals surface area contributed by atoms with Gasteiger partial charge in [-0.15, -0.1) is 0 Å². The number of amides is 1. The largest absolute Gasteiger partial charge is 0.351 e. The topological polar surface area (TPSA) is 58.4 Å². The highest BCUT2D eigenvalue weighted by molar-refractivity contribution is 6.31. The molecular weight excluding hydrogens is 338 g/mol. The van der Waals surface area contributed by atoms with Crippen molar-refractivity contribution in [3.63, 3.8) is 0 Å². The summed E-state index contributed by atoms with van der Waals surface area (Å²) in [6, 6.07) is 9.75. The van der Waals surface area contributed by atoms with Crippen LogP contribution in [0, 0.1) is 0 Å². The fourth-order valence-corrected chi connectivity index (χ4v) is 3.42. The molecule has 2 heterocycles. The first kappa shape index (κ1) is 18.0. The van der Waals surface area contributed by atoms with Crippen LogP contribution in [0.2, 0.25) is 5.02 Å². The average molecular weight is 362 g/mol. The number of likely N-dealkylation sites (tertiary alicyclic amines) is 1. The van der Waals surface area contributed by atoms with Crippen LogP contribution >= 0.6 is 11.6 Å². The zero-order valence-corrected chi connectivity index (χ0v) is 15.3. The summed E-state index contributed by atoms with van der Waals surface area (Å²) in [4.78, 5) is 14.4. The van der Waals surface area contributed by atoms with E-state index in [4.69, 9.17) is 16.1 Å². The van der Waals surface area contributed by atoms with Gasteiger partial charge in [0, 0.05) is 36.6 Å². The monoisotopic (exact) mass is 361 g/mol. The standard InChI is InChI=1S/C19H24ClN3O2/c1-2-9-21-19(24)18-11-17(22-25-18)15-7-5-10-23(13-15)12-14-6-3-4-8-16(14)20/h3-4,6,8,11,15H,2,5,7,9-10,12-13H2,1H3,(H,21,24)/t15-/m0/s1. The minimum atomic E-state index is -0.190. The van der Waals surface area contributed by atoms with Crippen molar-refractivity contribution in [2.45, 2.75) is 38.6 Å². The lowest BCUT2D eigenvalue weighted by atomic mass is 9.94. The summed E-state index contributed by atoms with van der Waals surface area (Å²) in [5.41, 5.74) is 2.01. The molecule has 1 saturated heterocycles. The second-order valence-corrected chi connectivity index (χ2v) is 6.94. The van der Waals surface area contributed by atoms with Crippen molar-refractivity contribution in [1.82, 2.24) is 15.4 Å². The van der Waals surface area contributed by atoms with Crippen LogP contribution in [0.25, 0.3) is 0 Å². The Bertz CT molecular complexity index is 716. The zero-order valence-electron chi connectivity index (χ0n) is 14.5. The van der Waals surface area contributed by atoms with E-state index in [1.165, 1.54) is 0 Å². The third-order valence-corrected chi connectivity index (χ3v) is 4.93. The molecule has 0 aliphatic carbocycles. The number of halogens is 1. The van der Waals surface area contributed by atoms with Crippen molar-refractivity contribution in [2.75, 3.05) is 19.6 Å². The van der Waals surface area contributed by atoms with Crippen LogP contribution in [0.1, 0.15) is 53.9 Å². The van der Waals surface area contributed by atoms with Gasteiger partial charge in [-0.25, -0.2) is 0 Å². The van der Waals surface area contributed by atoms with Crippen molar-refractivity contribution in [2.24, 2.45) is 0 Å². The van der Waals surface area contributed by atoms with Crippen LogP contribution in [0.4, 0.5) is 0 Å². The van der Waals surface area contributed by atoms with Gasteiger partial charge in [-0.1, -0.05) is 41.9 Å². The number of hydrogen-bond donors (Lipinski definition) is 1. The molecule has 1 aromatic heterocycles. The summed E-state index contributed by atoms with van der Waals surface area (Å²) in [7, 11) is 0. The summed E-state index contributed by atoms with van der Waals surface area (Å²) in [5, 5.41) is 7.76. The molecule has 1 aliphatic heterocycles. The lowest BCUT2D eigenvalue weighted by Crippen LogP contribution is -2.34. The molecule has 6 heteroatoms. The van der Waals surface area contributed by atoms with E-state index >= 15 is 0 Å². The Hall–Kier alpha value is -1.85. The van der Waals surface area contributed by atoms with Crippen LogP contribution in [0.5, 0.6) is 0 Å². The van der Waals surface area contributed by atoms with Gasteiger partial charge in [-0.2, -0.15) is 0 Å². The molecule has 0 spiro atoms. The maximum Gasteiger partial charge on any atom is 0.289 e. The van der Waals surface area contributed by atoms with E-state index < -0.39 is 0 Å². The quantitative estimate of drug-likeness (QED) is 0.849. The first-order valence-corrected chi connectivity index (χ1v) is 9.25. The average Bonchev–Trinajstić information content (AvgIpc) is 3.12. The fourth-order valence-electron chi connectivity index (χ4n) is 3.22. The zero-order chi connectivity index (χ0) is 17.6. The van der Waals surface area contributed by atoms with Crippen LogP contribution in [-0.2, 0) is 6.54 Å². The maximum absolute atomic E-state index is 12.0. The van der Waals surface area contributed by atoms with Crippen LogP contribution in [0.3, 0.4) is 0 Å². The van der Waals surface area contributed by atoms with Crippen LogP contribution < -0.4 is 5.32 Å². The van der Waals surface area contributed by atoms with E-state index in [1.54, 1.807) is 6.07 Å². The number of benzene rings is 1. The number of aromatic nitrogens is 1. The van der Waals surface area contributed by atoms with Gasteiger partial charge in [0.25, 0.3) is 5.91 Å². The molecule has 1 fully saturated rings. The predicted octanol–water partition coefficient (Wildman–Crippen LogP) is 3.85. The number of rotatable bonds is 6. The van der Waals surface area contributed by atoms with E-state index in [-0.39, 0.29) is 11.8 Å². The summed E-state index contributed by atoms with van der Waals surface area (Å²) in [5.74, 6) is 0.392. The molecule has 0 saturated carbocycles. The van der Waals surface area contributed by atoms with Gasteiger partial charge in [0.15, 0.2) is 0 Å². The van der Waals surface area contributed by atoms with Crippen molar-refractivity contribution >= 4 is 17.5 Å². The van der Waals surface area contributed by atoms with Crippen molar-refractivity contribution in [3.8, 4) is 0 Å². The Morgan fingerprint density at radius 3 is 3.08 bits per heavy atom. The molecule has 5 nitrogen and oxygen atoms in total. The number of nitrogens with one attached hydrogen (secondary N) is 1. The fraction of sp³-hybridized carbons (Fsp3) is 0.474. The second-order valence-electron chi connectivity index (χ2n) is 6.54. The molecule has 1 N–H and O–H groups in total. The minimum absolute atomic E-state index is 0.190. The third kappa shape index (κ3) is 4.61. The molecule has 0 bridgehead atoms. The number of piperidine rings is 1. The van der Waals surface area contributed by atoms with Crippen molar-refractivity contribution < 1.29 is 9.32 Å². The Balaban J connectivity index is 1.62. The number of carbonyl (C=O) groups excluding carboxylic acids is 1. The van der Waals surface area contributed by atoms with Gasteiger partial charge >= 0.3 is 0 Å². The highest BCUT2D eigenvalue weighted by Gasteiger charge is 2.25. The molecule has 3 rings (SSSR count). The van der Waals surface area contributed by atoms with Gasteiger partial charge in [0.2, 0.25) is 5.76 Å². The summed E-state index contributed by atoms with van der Waals surface area (Å²) < 4.78 is 5.25. The molecule has 134 valence electrons. The summed E-state index contributed by atoms with van der Waals surface area (Å²) in [6.45, 7) is 5.43. The number of carbonyl (C=O) groups is 1. The van der Waals surface area contributed by atoms with Gasteiger partial charge in [-0.05, 0) is 37.4 Å². The summed E-state index contributed by atoms with van der Waals surface area (Å²) in [6.07, 6.45) is 3.05. The molecular formula is C19H24ClN3O2. The minimum Gasteiger partial charge on any atom is -0.351 e. The molecule has 1 atom stereocenters. The van der Waals surface area contributed by atoms with E-state index in [9.17, 15) is 4.79 Å². The molecule has 0 unspecified atom stereocenters. The van der Waals surface area contributed by atoms with E-state index in [0.717, 1.165) is 55.2 Å². The van der Waals surface area contributed by atoms with Crippen molar-refractivity contribution in [1.29, 1.82) is 0 Å². The van der Waals surface area contributed by atoms with Gasteiger partial charge in [0.05, 0.1) is 5.69 Å². The van der Waals surface area contributed by atoms with Gasteiger partial charge in [0.1, 0.15) is 0 Å². The normalized spacial score (nSPS) is 18.2. The molecule has 1 aromatic carbocycles. The Morgan fingerprint density at radius 1 is 1.44 bits per heavy atom. The lowest BCUT2D eigenvalue weighted by Gasteiger charge is -2.31.